The van der Waals surface area contributed by atoms with Crippen LogP contribution in [-0.4, -0.2) is 63.1 Å². The summed E-state index contributed by atoms with van der Waals surface area (Å²) in [5.41, 5.74) is 0. The number of aromatic nitrogens is 6. The van der Waals surface area contributed by atoms with Gasteiger partial charge in [-0.1, -0.05) is 87.4 Å². The Morgan fingerprint density at radius 3 is 1.80 bits per heavy atom. The fourth-order valence-corrected chi connectivity index (χ4v) is 8.09. The van der Waals surface area contributed by atoms with E-state index in [4.69, 9.17) is 14.3 Å². The van der Waals surface area contributed by atoms with Gasteiger partial charge in [-0.25, -0.2) is 18.4 Å². The second-order valence-corrected chi connectivity index (χ2v) is 28.0. The Kier molecular flexibility index (Phi) is 14.0. The smallest absolute Gasteiger partial charge is 0.233 e. The predicted octanol–water partition coefficient (Wildman–Crippen LogP) is 8.32. The molecule has 0 amide bonds. The standard InChI is InChI=1S/C14H21BrN4O2SSi.C14H20BrN3OSSi/c1-23(2,3)10-9-21-11-19-14(17-13(15)18-19)22(16,20)12-7-5-4-6-8-12;1-21(2,3)10-9-19-11-18-14(16-13(15)17-18)20-12-7-5-4-6-8-12/h4-8,16H,9-11H2,1-3H3;4-8H,9-11H2,1-3H3. The van der Waals surface area contributed by atoms with E-state index < -0.39 is 25.9 Å². The molecular formula is C28H41Br2N7O3S2Si2. The van der Waals surface area contributed by atoms with Gasteiger partial charge in [0.15, 0.2) is 5.16 Å². The summed E-state index contributed by atoms with van der Waals surface area (Å²) in [6.45, 7) is 15.9. The van der Waals surface area contributed by atoms with Crippen LogP contribution in [0.2, 0.25) is 51.4 Å². The molecule has 0 bridgehead atoms. The lowest BCUT2D eigenvalue weighted by Crippen LogP contribution is -2.22. The number of ether oxygens (including phenoxy) is 2. The van der Waals surface area contributed by atoms with Gasteiger partial charge in [0.2, 0.25) is 14.6 Å². The van der Waals surface area contributed by atoms with E-state index in [1.54, 1.807) is 40.7 Å². The Morgan fingerprint density at radius 1 is 0.773 bits per heavy atom. The van der Waals surface area contributed by atoms with Crippen LogP contribution in [0.25, 0.3) is 0 Å². The first kappa shape index (κ1) is 36.8. The molecule has 0 aliphatic rings. The van der Waals surface area contributed by atoms with Crippen molar-refractivity contribution in [2.75, 3.05) is 13.2 Å². The van der Waals surface area contributed by atoms with Gasteiger partial charge < -0.3 is 9.47 Å². The van der Waals surface area contributed by atoms with Crippen molar-refractivity contribution in [3.05, 3.63) is 70.1 Å². The molecule has 1 N–H and O–H groups in total. The van der Waals surface area contributed by atoms with Gasteiger partial charge in [-0.3, -0.25) is 0 Å². The Labute approximate surface area is 284 Å². The lowest BCUT2D eigenvalue weighted by molar-refractivity contribution is 0.0714. The molecule has 1 atom stereocenters. The van der Waals surface area contributed by atoms with Crippen LogP contribution in [0.3, 0.4) is 0 Å². The molecule has 2 heterocycles. The number of nitrogens with zero attached hydrogens (tertiary/aromatic N) is 6. The Morgan fingerprint density at radius 2 is 1.25 bits per heavy atom. The first-order valence-corrected chi connectivity index (χ1v) is 25.4. The monoisotopic (exact) mass is 801 g/mol. The molecule has 0 radical (unpaired) electrons. The molecule has 10 nitrogen and oxygen atoms in total. The molecule has 0 saturated carbocycles. The van der Waals surface area contributed by atoms with Crippen molar-refractivity contribution in [1.82, 2.24) is 29.5 Å². The molecular weight excluding hydrogens is 762 g/mol. The topological polar surface area (TPSA) is 121 Å². The van der Waals surface area contributed by atoms with Crippen LogP contribution >= 0.6 is 43.6 Å². The third-order valence-corrected chi connectivity index (χ3v) is 12.8. The Bertz CT molecular complexity index is 1560. The fourth-order valence-electron chi connectivity index (χ4n) is 3.43. The van der Waals surface area contributed by atoms with Gasteiger partial charge in [0, 0.05) is 34.3 Å². The van der Waals surface area contributed by atoms with Gasteiger partial charge >= 0.3 is 0 Å². The van der Waals surface area contributed by atoms with Crippen molar-refractivity contribution >= 4 is 69.5 Å². The molecule has 0 fully saturated rings. The van der Waals surface area contributed by atoms with Crippen LogP contribution < -0.4 is 0 Å². The quantitative estimate of drug-likeness (QED) is 0.0999. The van der Waals surface area contributed by atoms with E-state index >= 15 is 0 Å². The van der Waals surface area contributed by atoms with E-state index in [9.17, 15) is 4.21 Å². The highest BCUT2D eigenvalue weighted by Crippen LogP contribution is 2.27. The molecule has 44 heavy (non-hydrogen) atoms. The summed E-state index contributed by atoms with van der Waals surface area (Å²) in [7, 11) is -5.44. The number of rotatable bonds is 14. The zero-order valence-corrected chi connectivity index (χ0v) is 32.8. The molecule has 2 aromatic carbocycles. The van der Waals surface area contributed by atoms with Gasteiger partial charge in [-0.2, -0.15) is 9.97 Å². The number of hydrogen-bond acceptors (Lipinski definition) is 9. The fraction of sp³-hybridized carbons (Fsp3) is 0.429. The highest BCUT2D eigenvalue weighted by Gasteiger charge is 2.22. The summed E-state index contributed by atoms with van der Waals surface area (Å²) >= 11 is 8.11. The Hall–Kier alpha value is -1.67. The highest BCUT2D eigenvalue weighted by atomic mass is 79.9. The molecule has 0 aliphatic carbocycles. The summed E-state index contributed by atoms with van der Waals surface area (Å²) in [4.78, 5) is 10.1. The van der Waals surface area contributed by atoms with Crippen LogP contribution in [0.4, 0.5) is 0 Å². The van der Waals surface area contributed by atoms with E-state index in [0.29, 0.717) is 27.7 Å². The average Bonchev–Trinajstić information content (AvgIpc) is 3.50. The molecule has 0 aliphatic heterocycles. The lowest BCUT2D eigenvalue weighted by atomic mass is 10.4. The number of hydrogen-bond donors (Lipinski definition) is 1. The minimum absolute atomic E-state index is 0.101. The SMILES string of the molecule is C[Si](C)(C)CCOCn1nc(Br)nc1S(=N)(=O)c1ccccc1.C[Si](C)(C)CCOCn1nc(Br)nc1Sc1ccccc1. The number of benzene rings is 2. The molecule has 0 spiro atoms. The van der Waals surface area contributed by atoms with Crippen LogP contribution in [0.1, 0.15) is 0 Å². The molecule has 0 saturated heterocycles. The second kappa shape index (κ2) is 16.8. The maximum absolute atomic E-state index is 12.9. The number of halogens is 2. The second-order valence-electron chi connectivity index (χ2n) is 12.3. The Balaban J connectivity index is 0.000000241. The summed E-state index contributed by atoms with van der Waals surface area (Å²) in [5, 5.41) is 9.41. The maximum atomic E-state index is 12.9. The first-order chi connectivity index (χ1) is 20.6. The third kappa shape index (κ3) is 12.6. The molecule has 240 valence electrons. The zero-order chi connectivity index (χ0) is 32.4. The van der Waals surface area contributed by atoms with Gasteiger partial charge in [-0.15, -0.1) is 10.2 Å². The van der Waals surface area contributed by atoms with E-state index in [-0.39, 0.29) is 11.9 Å². The van der Waals surface area contributed by atoms with Crippen molar-refractivity contribution in [3.8, 4) is 0 Å². The maximum Gasteiger partial charge on any atom is 0.233 e. The van der Waals surface area contributed by atoms with Gasteiger partial charge in [0.1, 0.15) is 23.2 Å². The zero-order valence-electron chi connectivity index (χ0n) is 26.0. The van der Waals surface area contributed by atoms with E-state index in [1.165, 1.54) is 4.68 Å². The minimum atomic E-state index is -3.23. The molecule has 4 aromatic rings. The largest absolute Gasteiger partial charge is 0.359 e. The van der Waals surface area contributed by atoms with Crippen LogP contribution in [0.5, 0.6) is 0 Å². The van der Waals surface area contributed by atoms with E-state index in [2.05, 4.69) is 103 Å². The van der Waals surface area contributed by atoms with Crippen molar-refractivity contribution in [2.45, 2.75) is 84.9 Å². The first-order valence-electron chi connectivity index (χ1n) is 14.1. The summed E-state index contributed by atoms with van der Waals surface area (Å²) in [6, 6.07) is 21.0. The normalized spacial score (nSPS) is 13.3. The third-order valence-electron chi connectivity index (χ3n) is 5.93. The molecule has 16 heteroatoms. The van der Waals surface area contributed by atoms with Gasteiger partial charge in [-0.05, 0) is 68.2 Å². The van der Waals surface area contributed by atoms with Crippen LogP contribution in [0.15, 0.2) is 90.2 Å². The molecule has 1 unspecified atom stereocenters. The molecule has 2 aromatic heterocycles. The summed E-state index contributed by atoms with van der Waals surface area (Å²) < 4.78 is 36.7. The predicted molar refractivity (Wildman–Crippen MR) is 188 cm³/mol. The van der Waals surface area contributed by atoms with Crippen molar-refractivity contribution in [1.29, 1.82) is 4.78 Å². The summed E-state index contributed by atoms with van der Waals surface area (Å²) in [6.07, 6.45) is 0. The van der Waals surface area contributed by atoms with E-state index in [0.717, 1.165) is 28.7 Å². The van der Waals surface area contributed by atoms with Gasteiger partial charge in [0.05, 0.1) is 4.90 Å². The summed E-state index contributed by atoms with van der Waals surface area (Å²) in [5.74, 6) is 0. The minimum Gasteiger partial charge on any atom is -0.359 e. The highest BCUT2D eigenvalue weighted by molar-refractivity contribution is 9.10. The number of nitrogens with one attached hydrogen (secondary N) is 1. The van der Waals surface area contributed by atoms with E-state index in [1.807, 2.05) is 24.3 Å². The van der Waals surface area contributed by atoms with Crippen molar-refractivity contribution < 1.29 is 13.7 Å². The van der Waals surface area contributed by atoms with Crippen LogP contribution in [-0.2, 0) is 32.7 Å². The van der Waals surface area contributed by atoms with Crippen LogP contribution in [0, 0.1) is 4.78 Å². The molecule has 4 rings (SSSR count). The van der Waals surface area contributed by atoms with Crippen molar-refractivity contribution in [3.63, 3.8) is 0 Å². The lowest BCUT2D eigenvalue weighted by Gasteiger charge is -2.15. The average molecular weight is 804 g/mol. The van der Waals surface area contributed by atoms with Crippen molar-refractivity contribution in [2.24, 2.45) is 0 Å². The van der Waals surface area contributed by atoms with Gasteiger partial charge in [0.25, 0.3) is 0 Å².